The Kier molecular flexibility index (Phi) is 39.6. The highest BCUT2D eigenvalue weighted by atomic mass is 14.1. The van der Waals surface area contributed by atoms with Crippen LogP contribution in [0.1, 0.15) is 175 Å². The van der Waals surface area contributed by atoms with E-state index in [1.54, 1.807) is 0 Å². The molecule has 14 rings (SSSR count). The first-order valence-corrected chi connectivity index (χ1v) is 29.5. The van der Waals surface area contributed by atoms with Crippen molar-refractivity contribution in [1.82, 2.24) is 0 Å². The van der Waals surface area contributed by atoms with Gasteiger partial charge in [0.2, 0.25) is 0 Å². The van der Waals surface area contributed by atoms with Crippen LogP contribution in [0.4, 0.5) is 0 Å². The lowest BCUT2D eigenvalue weighted by Crippen LogP contribution is -1.76. The van der Waals surface area contributed by atoms with E-state index >= 15 is 0 Å². The van der Waals surface area contributed by atoms with E-state index in [2.05, 4.69) is 255 Å². The molecule has 0 bridgehead atoms. The maximum atomic E-state index is 2.20. The number of rotatable bonds is 0. The quantitative estimate of drug-likeness (QED) is 0.142. The van der Waals surface area contributed by atoms with Crippen LogP contribution in [0.2, 0.25) is 0 Å². The van der Waals surface area contributed by atoms with Gasteiger partial charge in [0.15, 0.2) is 0 Å². The molecule has 0 radical (unpaired) electrons. The van der Waals surface area contributed by atoms with Crippen molar-refractivity contribution < 1.29 is 0 Å². The SMILES string of the molecule is C1=Cc2ccccc2C1.C1=Cc2ccccc2C1.C1=Cc2ccccc2C1.C1=Cc2ccccc2C1.C1=Cc2ccccc2C1.C1=Cc2ccccc2C1.C1=Cc2ccccc2C1.CC.CC.CC.CC.CC.CC.CC. The first kappa shape index (κ1) is 67.7. The molecule has 0 nitrogen and oxygen atoms in total. The normalized spacial score (nSPS) is 11.8. The molecule has 0 heterocycles. The molecule has 0 unspecified atom stereocenters. The molecule has 7 aromatic carbocycles. The second kappa shape index (κ2) is 45.0. The van der Waals surface area contributed by atoms with Crippen LogP contribution in [0.3, 0.4) is 0 Å². The molecule has 0 saturated heterocycles. The predicted octanol–water partition coefficient (Wildman–Crippen LogP) is 23.0. The fraction of sp³-hybridized carbons (Fsp3) is 0.273. The standard InChI is InChI=1S/7C9H8.7C2H6/c7*1-2-5-9-7-3-6-8(9)4-1;7*1-2/h7*1-6H,7H2;7*1-2H3. The van der Waals surface area contributed by atoms with Crippen molar-refractivity contribution in [2.45, 2.75) is 142 Å². The molecule has 77 heavy (non-hydrogen) atoms. The number of benzene rings is 7. The van der Waals surface area contributed by atoms with Crippen LogP contribution in [-0.4, -0.2) is 0 Å². The predicted molar refractivity (Wildman–Crippen MR) is 354 cm³/mol. The van der Waals surface area contributed by atoms with E-state index in [4.69, 9.17) is 0 Å². The van der Waals surface area contributed by atoms with Crippen LogP contribution < -0.4 is 0 Å². The molecule has 0 atom stereocenters. The van der Waals surface area contributed by atoms with E-state index in [1.807, 2.05) is 96.9 Å². The molecule has 7 aliphatic carbocycles. The van der Waals surface area contributed by atoms with E-state index in [0.29, 0.717) is 0 Å². The third-order valence-electron chi connectivity index (χ3n) is 11.8. The molecule has 7 aliphatic rings. The van der Waals surface area contributed by atoms with E-state index in [1.165, 1.54) is 77.9 Å². The van der Waals surface area contributed by atoms with E-state index in [-0.39, 0.29) is 0 Å². The van der Waals surface area contributed by atoms with Crippen LogP contribution in [0.15, 0.2) is 212 Å². The smallest absolute Gasteiger partial charge is 0.00882 e. The van der Waals surface area contributed by atoms with Gasteiger partial charge in [0, 0.05) is 0 Å². The summed E-state index contributed by atoms with van der Waals surface area (Å²) in [5, 5.41) is 0. The van der Waals surface area contributed by atoms with Gasteiger partial charge >= 0.3 is 0 Å². The second-order valence-corrected chi connectivity index (χ2v) is 16.1. The zero-order valence-corrected chi connectivity index (χ0v) is 50.2. The van der Waals surface area contributed by atoms with Crippen LogP contribution in [-0.2, 0) is 44.9 Å². The summed E-state index contributed by atoms with van der Waals surface area (Å²) in [7, 11) is 0. The lowest BCUT2D eigenvalue weighted by atomic mass is 10.1. The van der Waals surface area contributed by atoms with Crippen molar-refractivity contribution in [3.8, 4) is 0 Å². The van der Waals surface area contributed by atoms with Gasteiger partial charge in [-0.1, -0.05) is 352 Å². The van der Waals surface area contributed by atoms with Gasteiger partial charge in [-0.25, -0.2) is 0 Å². The zero-order chi connectivity index (χ0) is 56.7. The van der Waals surface area contributed by atoms with Crippen molar-refractivity contribution in [3.05, 3.63) is 290 Å². The number of allylic oxidation sites excluding steroid dienone is 7. The maximum Gasteiger partial charge on any atom is -0.00882 e. The van der Waals surface area contributed by atoms with Crippen molar-refractivity contribution in [2.24, 2.45) is 0 Å². The molecule has 0 heteroatoms. The van der Waals surface area contributed by atoms with Gasteiger partial charge in [-0.3, -0.25) is 0 Å². The van der Waals surface area contributed by atoms with Gasteiger partial charge < -0.3 is 0 Å². The van der Waals surface area contributed by atoms with Gasteiger partial charge in [-0.2, -0.15) is 0 Å². The lowest BCUT2D eigenvalue weighted by molar-refractivity contribution is 1.31. The average Bonchev–Trinajstić information content (AvgIpc) is 4.40. The summed E-state index contributed by atoms with van der Waals surface area (Å²) in [5.74, 6) is 0. The Hall–Kier alpha value is -7.28. The molecule has 0 N–H and O–H groups in total. The summed E-state index contributed by atoms with van der Waals surface area (Å²) >= 11 is 0. The number of hydrogen-bond acceptors (Lipinski definition) is 0. The molecule has 0 saturated carbocycles. The van der Waals surface area contributed by atoms with Crippen LogP contribution in [0, 0.1) is 0 Å². The molecule has 7 aromatic rings. The third kappa shape index (κ3) is 24.5. The fourth-order valence-corrected chi connectivity index (χ4v) is 8.37. The zero-order valence-electron chi connectivity index (χ0n) is 50.2. The molecular weight excluding hydrogens is 925 g/mol. The highest BCUT2D eigenvalue weighted by Crippen LogP contribution is 2.22. The molecule has 406 valence electrons. The van der Waals surface area contributed by atoms with Crippen LogP contribution >= 0.6 is 0 Å². The highest BCUT2D eigenvalue weighted by Gasteiger charge is 2.05. The van der Waals surface area contributed by atoms with E-state index in [0.717, 1.165) is 44.9 Å². The summed E-state index contributed by atoms with van der Waals surface area (Å²) in [6.07, 6.45) is 38.5. The minimum absolute atomic E-state index is 1.12. The summed E-state index contributed by atoms with van der Waals surface area (Å²) in [6.45, 7) is 28.0. The van der Waals surface area contributed by atoms with Gasteiger partial charge in [-0.15, -0.1) is 0 Å². The first-order valence-electron chi connectivity index (χ1n) is 29.5. The van der Waals surface area contributed by atoms with E-state index < -0.39 is 0 Å². The van der Waals surface area contributed by atoms with E-state index in [9.17, 15) is 0 Å². The third-order valence-corrected chi connectivity index (χ3v) is 11.8. The second-order valence-electron chi connectivity index (χ2n) is 16.1. The Morgan fingerprint density at radius 1 is 0.156 bits per heavy atom. The van der Waals surface area contributed by atoms with Crippen molar-refractivity contribution >= 4 is 42.5 Å². The molecule has 0 spiro atoms. The number of fused-ring (bicyclic) bond motifs is 7. The maximum absolute atomic E-state index is 2.20. The van der Waals surface area contributed by atoms with Crippen molar-refractivity contribution in [2.75, 3.05) is 0 Å². The monoisotopic (exact) mass is 1020 g/mol. The lowest BCUT2D eigenvalue weighted by Gasteiger charge is -1.93. The largest absolute Gasteiger partial charge is 0.0795 e. The van der Waals surface area contributed by atoms with Crippen LogP contribution in [0.25, 0.3) is 42.5 Å². The molecule has 0 amide bonds. The minimum atomic E-state index is 1.12. The van der Waals surface area contributed by atoms with Gasteiger partial charge in [0.25, 0.3) is 0 Å². The summed E-state index contributed by atoms with van der Waals surface area (Å²) in [6, 6.07) is 59.5. The highest BCUT2D eigenvalue weighted by molar-refractivity contribution is 5.63. The molecule has 0 aromatic heterocycles. The molecule has 0 aliphatic heterocycles. The Morgan fingerprint density at radius 2 is 0.260 bits per heavy atom. The fourth-order valence-electron chi connectivity index (χ4n) is 8.37. The Labute approximate surface area is 472 Å². The molecule has 0 fully saturated rings. The van der Waals surface area contributed by atoms with Gasteiger partial charge in [0.1, 0.15) is 0 Å². The van der Waals surface area contributed by atoms with Crippen molar-refractivity contribution in [1.29, 1.82) is 0 Å². The Morgan fingerprint density at radius 3 is 0.364 bits per heavy atom. The van der Waals surface area contributed by atoms with Gasteiger partial charge in [-0.05, 0) is 123 Å². The molecular formula is C77H98. The average molecular weight is 1020 g/mol. The summed E-state index contributed by atoms with van der Waals surface area (Å²) < 4.78 is 0. The van der Waals surface area contributed by atoms with Crippen LogP contribution in [0.5, 0.6) is 0 Å². The minimum Gasteiger partial charge on any atom is -0.0795 e. The Bertz CT molecular complexity index is 2270. The van der Waals surface area contributed by atoms with Crippen molar-refractivity contribution in [3.63, 3.8) is 0 Å². The summed E-state index contributed by atoms with van der Waals surface area (Å²) in [5.41, 5.74) is 19.9. The number of hydrogen-bond donors (Lipinski definition) is 0. The van der Waals surface area contributed by atoms with Gasteiger partial charge in [0.05, 0.1) is 0 Å². The topological polar surface area (TPSA) is 0 Å². The Balaban J connectivity index is 0.000000432. The summed E-state index contributed by atoms with van der Waals surface area (Å²) in [4.78, 5) is 0. The first-order chi connectivity index (χ1) is 38.3.